The van der Waals surface area contributed by atoms with E-state index in [1.165, 1.54) is 17.3 Å². The molecule has 0 radical (unpaired) electrons. The third kappa shape index (κ3) is 4.74. The molecule has 4 aromatic rings. The van der Waals surface area contributed by atoms with Crippen molar-refractivity contribution in [2.45, 2.75) is 30.7 Å². The number of hydrogen-bond acceptors (Lipinski definition) is 6. The van der Waals surface area contributed by atoms with Gasteiger partial charge in [0.05, 0.1) is 21.8 Å². The number of benzene rings is 3. The predicted molar refractivity (Wildman–Crippen MR) is 138 cm³/mol. The largest absolute Gasteiger partial charge is 0.486 e. The minimum absolute atomic E-state index is 0.165. The van der Waals surface area contributed by atoms with Crippen molar-refractivity contribution in [3.8, 4) is 17.2 Å². The van der Waals surface area contributed by atoms with Crippen molar-refractivity contribution in [1.82, 2.24) is 9.55 Å². The standard InChI is InChI=1S/C27H25N3O4S/c1-3-18-8-11-20(12-9-18)30-26(32)21-6-4-5-7-22(21)29-27(30)35-17(2)25(31)28-19-10-13-23-24(16-19)34-15-14-33-23/h4-13,16-17H,3,14-15H2,1-2H3,(H,28,31). The number of rotatable bonds is 6. The molecule has 1 N–H and O–H groups in total. The van der Waals surface area contributed by atoms with E-state index in [4.69, 9.17) is 14.5 Å². The first-order chi connectivity index (χ1) is 17.0. The van der Waals surface area contributed by atoms with Gasteiger partial charge in [-0.3, -0.25) is 14.2 Å². The zero-order chi connectivity index (χ0) is 24.4. The van der Waals surface area contributed by atoms with Crippen molar-refractivity contribution >= 4 is 34.3 Å². The van der Waals surface area contributed by atoms with E-state index in [0.29, 0.717) is 52.1 Å². The Balaban J connectivity index is 1.45. The number of anilines is 1. The van der Waals surface area contributed by atoms with Crippen molar-refractivity contribution in [2.24, 2.45) is 0 Å². The van der Waals surface area contributed by atoms with Gasteiger partial charge in [-0.2, -0.15) is 0 Å². The first kappa shape index (κ1) is 23.0. The molecule has 0 fully saturated rings. The number of fused-ring (bicyclic) bond motifs is 2. The maximum Gasteiger partial charge on any atom is 0.266 e. The molecule has 0 saturated heterocycles. The summed E-state index contributed by atoms with van der Waals surface area (Å²) in [4.78, 5) is 31.3. The summed E-state index contributed by atoms with van der Waals surface area (Å²) in [6.45, 7) is 4.86. The lowest BCUT2D eigenvalue weighted by molar-refractivity contribution is -0.115. The molecule has 1 unspecified atom stereocenters. The average molecular weight is 488 g/mol. The number of carbonyl (C=O) groups excluding carboxylic acids is 1. The Morgan fingerprint density at radius 1 is 1.06 bits per heavy atom. The predicted octanol–water partition coefficient (Wildman–Crippen LogP) is 4.84. The highest BCUT2D eigenvalue weighted by molar-refractivity contribution is 8.00. The van der Waals surface area contributed by atoms with E-state index in [0.717, 1.165) is 6.42 Å². The topological polar surface area (TPSA) is 82.5 Å². The molecular formula is C27H25N3O4S. The third-order valence-electron chi connectivity index (χ3n) is 5.81. The first-order valence-corrected chi connectivity index (χ1v) is 12.4. The molecule has 1 aromatic heterocycles. The van der Waals surface area contributed by atoms with Gasteiger partial charge in [0, 0.05) is 11.8 Å². The molecule has 7 nitrogen and oxygen atoms in total. The lowest BCUT2D eigenvalue weighted by Crippen LogP contribution is -2.26. The van der Waals surface area contributed by atoms with Crippen LogP contribution in [0.1, 0.15) is 19.4 Å². The van der Waals surface area contributed by atoms with Crippen molar-refractivity contribution in [3.05, 3.63) is 82.6 Å². The van der Waals surface area contributed by atoms with Gasteiger partial charge in [0.2, 0.25) is 5.91 Å². The Morgan fingerprint density at radius 3 is 2.57 bits per heavy atom. The zero-order valence-corrected chi connectivity index (χ0v) is 20.3. The summed E-state index contributed by atoms with van der Waals surface area (Å²) in [5, 5.41) is 3.40. The Labute approximate surface area is 207 Å². The number of aryl methyl sites for hydroxylation is 1. The quantitative estimate of drug-likeness (QED) is 0.310. The number of nitrogens with one attached hydrogen (secondary N) is 1. The molecule has 1 aliphatic heterocycles. The molecular weight excluding hydrogens is 462 g/mol. The van der Waals surface area contributed by atoms with E-state index >= 15 is 0 Å². The maximum atomic E-state index is 13.5. The highest BCUT2D eigenvalue weighted by atomic mass is 32.2. The molecule has 5 rings (SSSR count). The number of amides is 1. The van der Waals surface area contributed by atoms with Crippen LogP contribution in [0.25, 0.3) is 16.6 Å². The van der Waals surface area contributed by atoms with Crippen LogP contribution in [-0.4, -0.2) is 33.9 Å². The van der Waals surface area contributed by atoms with Gasteiger partial charge in [-0.1, -0.05) is 43.0 Å². The van der Waals surface area contributed by atoms with Crippen LogP contribution in [0.2, 0.25) is 0 Å². The maximum absolute atomic E-state index is 13.5. The number of nitrogens with zero attached hydrogens (tertiary/aromatic N) is 2. The Morgan fingerprint density at radius 2 is 1.80 bits per heavy atom. The Bertz CT molecular complexity index is 1450. The van der Waals surface area contributed by atoms with Gasteiger partial charge < -0.3 is 14.8 Å². The van der Waals surface area contributed by atoms with E-state index < -0.39 is 5.25 Å². The molecule has 8 heteroatoms. The first-order valence-electron chi connectivity index (χ1n) is 11.5. The van der Waals surface area contributed by atoms with E-state index in [-0.39, 0.29) is 11.5 Å². The molecule has 1 amide bonds. The van der Waals surface area contributed by atoms with Crippen molar-refractivity contribution < 1.29 is 14.3 Å². The fourth-order valence-electron chi connectivity index (χ4n) is 3.88. The second-order valence-corrected chi connectivity index (χ2v) is 9.49. The molecule has 35 heavy (non-hydrogen) atoms. The van der Waals surface area contributed by atoms with E-state index in [1.807, 2.05) is 42.5 Å². The second-order valence-electron chi connectivity index (χ2n) is 8.18. The smallest absolute Gasteiger partial charge is 0.266 e. The zero-order valence-electron chi connectivity index (χ0n) is 19.5. The van der Waals surface area contributed by atoms with E-state index in [9.17, 15) is 9.59 Å². The minimum atomic E-state index is -0.516. The summed E-state index contributed by atoms with van der Waals surface area (Å²) in [6, 6.07) is 20.4. The van der Waals surface area contributed by atoms with Crippen LogP contribution in [-0.2, 0) is 11.2 Å². The Hall–Kier alpha value is -3.78. The van der Waals surface area contributed by atoms with Crippen molar-refractivity contribution in [3.63, 3.8) is 0 Å². The lowest BCUT2D eigenvalue weighted by atomic mass is 10.1. The molecule has 0 aliphatic carbocycles. The fourth-order valence-corrected chi connectivity index (χ4v) is 4.80. The van der Waals surface area contributed by atoms with Gasteiger partial charge in [0.1, 0.15) is 13.2 Å². The summed E-state index contributed by atoms with van der Waals surface area (Å²) in [5.74, 6) is 1.06. The Kier molecular flexibility index (Phi) is 6.46. The van der Waals surface area contributed by atoms with Gasteiger partial charge in [0.25, 0.3) is 5.56 Å². The van der Waals surface area contributed by atoms with E-state index in [2.05, 4.69) is 12.2 Å². The molecule has 0 bridgehead atoms. The SMILES string of the molecule is CCc1ccc(-n2c(SC(C)C(=O)Nc3ccc4c(c3)OCCO4)nc3ccccc3c2=O)cc1. The third-order valence-corrected chi connectivity index (χ3v) is 6.86. The molecule has 0 spiro atoms. The average Bonchev–Trinajstić information content (AvgIpc) is 2.89. The molecule has 1 atom stereocenters. The van der Waals surface area contributed by atoms with Crippen LogP contribution >= 0.6 is 11.8 Å². The number of hydrogen-bond donors (Lipinski definition) is 1. The van der Waals surface area contributed by atoms with Gasteiger partial charge in [-0.05, 0) is 55.3 Å². The number of carbonyl (C=O) groups is 1. The van der Waals surface area contributed by atoms with Crippen LogP contribution in [0.4, 0.5) is 5.69 Å². The van der Waals surface area contributed by atoms with Crippen molar-refractivity contribution in [2.75, 3.05) is 18.5 Å². The summed E-state index contributed by atoms with van der Waals surface area (Å²) >= 11 is 1.24. The lowest BCUT2D eigenvalue weighted by Gasteiger charge is -2.20. The van der Waals surface area contributed by atoms with Crippen LogP contribution < -0.4 is 20.3 Å². The highest BCUT2D eigenvalue weighted by Gasteiger charge is 2.21. The van der Waals surface area contributed by atoms with Gasteiger partial charge >= 0.3 is 0 Å². The highest BCUT2D eigenvalue weighted by Crippen LogP contribution is 2.33. The summed E-state index contributed by atoms with van der Waals surface area (Å²) < 4.78 is 12.7. The van der Waals surface area contributed by atoms with Crippen molar-refractivity contribution in [1.29, 1.82) is 0 Å². The summed E-state index contributed by atoms with van der Waals surface area (Å²) in [7, 11) is 0. The monoisotopic (exact) mass is 487 g/mol. The molecule has 3 aromatic carbocycles. The summed E-state index contributed by atoms with van der Waals surface area (Å²) in [6.07, 6.45) is 0.907. The van der Waals surface area contributed by atoms with E-state index in [1.54, 1.807) is 35.8 Å². The van der Waals surface area contributed by atoms with Crippen LogP contribution in [0.5, 0.6) is 11.5 Å². The minimum Gasteiger partial charge on any atom is -0.486 e. The van der Waals surface area contributed by atoms with Crippen LogP contribution in [0.3, 0.4) is 0 Å². The van der Waals surface area contributed by atoms with Gasteiger partial charge in [0.15, 0.2) is 16.7 Å². The van der Waals surface area contributed by atoms with Gasteiger partial charge in [-0.25, -0.2) is 4.98 Å². The normalized spacial score (nSPS) is 13.4. The summed E-state index contributed by atoms with van der Waals surface area (Å²) in [5.41, 5.74) is 2.94. The number of para-hydroxylation sites is 1. The number of thioether (sulfide) groups is 1. The number of ether oxygens (including phenoxy) is 2. The molecule has 2 heterocycles. The second kappa shape index (κ2) is 9.84. The number of aromatic nitrogens is 2. The molecule has 178 valence electrons. The fraction of sp³-hybridized carbons (Fsp3) is 0.222. The van der Waals surface area contributed by atoms with Crippen LogP contribution in [0, 0.1) is 0 Å². The van der Waals surface area contributed by atoms with Gasteiger partial charge in [-0.15, -0.1) is 0 Å². The molecule has 1 aliphatic rings. The molecule has 0 saturated carbocycles. The van der Waals surface area contributed by atoms with Crippen LogP contribution in [0.15, 0.2) is 76.7 Å².